The monoisotopic (exact) mass is 233 g/mol. The number of fused-ring (bicyclic) bond motifs is 1. The highest BCUT2D eigenvalue weighted by Crippen LogP contribution is 2.39. The molecule has 0 saturated carbocycles. The van der Waals surface area contributed by atoms with Crippen molar-refractivity contribution in [2.24, 2.45) is 0 Å². The quantitative estimate of drug-likeness (QED) is 0.730. The lowest BCUT2D eigenvalue weighted by Crippen LogP contribution is -2.39. The summed E-state index contributed by atoms with van der Waals surface area (Å²) < 4.78 is 12.9. The molecule has 0 radical (unpaired) electrons. The van der Waals surface area contributed by atoms with E-state index in [0.29, 0.717) is 12.5 Å². The number of piperidine rings is 1. The van der Waals surface area contributed by atoms with Gasteiger partial charge in [-0.2, -0.15) is 0 Å². The summed E-state index contributed by atoms with van der Waals surface area (Å²) in [6.45, 7) is 0. The molecule has 1 amide bonds. The van der Waals surface area contributed by atoms with Gasteiger partial charge in [0.2, 0.25) is 5.91 Å². The Morgan fingerprint density at radius 3 is 2.65 bits per heavy atom. The van der Waals surface area contributed by atoms with Gasteiger partial charge in [0, 0.05) is 12.5 Å². The largest absolute Gasteiger partial charge is 0.333 e. The Morgan fingerprint density at radius 2 is 1.88 bits per heavy atom. The molecule has 3 rings (SSSR count). The van der Waals surface area contributed by atoms with Gasteiger partial charge in [0.1, 0.15) is 5.82 Å². The SMILES string of the molecule is O=C1CC[C@@H]2CCCC(c3ccc(F)cc3)N12. The number of hydrogen-bond acceptors (Lipinski definition) is 1. The lowest BCUT2D eigenvalue weighted by Gasteiger charge is -2.38. The summed E-state index contributed by atoms with van der Waals surface area (Å²) in [5.74, 6) is 0.0536. The van der Waals surface area contributed by atoms with Crippen LogP contribution in [0.25, 0.3) is 0 Å². The highest BCUT2D eigenvalue weighted by atomic mass is 19.1. The maximum atomic E-state index is 12.9. The molecule has 0 spiro atoms. The van der Waals surface area contributed by atoms with Crippen molar-refractivity contribution >= 4 is 5.91 Å². The first-order valence-electron chi connectivity index (χ1n) is 6.32. The second-order valence-electron chi connectivity index (χ2n) is 4.99. The topological polar surface area (TPSA) is 20.3 Å². The Balaban J connectivity index is 1.90. The van der Waals surface area contributed by atoms with E-state index in [1.807, 2.05) is 17.0 Å². The zero-order valence-electron chi connectivity index (χ0n) is 9.73. The highest BCUT2D eigenvalue weighted by Gasteiger charge is 2.39. The number of nitrogens with zero attached hydrogens (tertiary/aromatic N) is 1. The fraction of sp³-hybridized carbons (Fsp3) is 0.500. The molecule has 0 aromatic heterocycles. The van der Waals surface area contributed by atoms with Gasteiger partial charge in [0.15, 0.2) is 0 Å². The first-order valence-corrected chi connectivity index (χ1v) is 6.32. The van der Waals surface area contributed by atoms with Crippen molar-refractivity contribution in [3.63, 3.8) is 0 Å². The molecular formula is C14H16FNO. The van der Waals surface area contributed by atoms with Gasteiger partial charge in [-0.05, 0) is 43.4 Å². The molecule has 2 heterocycles. The number of hydrogen-bond donors (Lipinski definition) is 0. The number of rotatable bonds is 1. The van der Waals surface area contributed by atoms with Crippen LogP contribution in [0.15, 0.2) is 24.3 Å². The zero-order valence-corrected chi connectivity index (χ0v) is 9.73. The van der Waals surface area contributed by atoms with Crippen molar-refractivity contribution < 1.29 is 9.18 Å². The van der Waals surface area contributed by atoms with E-state index in [-0.39, 0.29) is 17.8 Å². The third-order valence-electron chi connectivity index (χ3n) is 3.98. The first kappa shape index (κ1) is 10.8. The van der Waals surface area contributed by atoms with Crippen molar-refractivity contribution in [1.82, 2.24) is 4.90 Å². The van der Waals surface area contributed by atoms with Crippen molar-refractivity contribution in [3.8, 4) is 0 Å². The Labute approximate surface area is 100 Å². The normalized spacial score (nSPS) is 28.3. The van der Waals surface area contributed by atoms with E-state index in [2.05, 4.69) is 0 Å². The molecule has 1 aromatic carbocycles. The van der Waals surface area contributed by atoms with E-state index in [0.717, 1.165) is 31.2 Å². The summed E-state index contributed by atoms with van der Waals surface area (Å²) in [4.78, 5) is 13.9. The van der Waals surface area contributed by atoms with Crippen LogP contribution >= 0.6 is 0 Å². The lowest BCUT2D eigenvalue weighted by molar-refractivity contribution is -0.132. The molecular weight excluding hydrogens is 217 g/mol. The van der Waals surface area contributed by atoms with Gasteiger partial charge < -0.3 is 4.90 Å². The standard InChI is InChI=1S/C14H16FNO/c15-11-6-4-10(5-7-11)13-3-1-2-12-8-9-14(17)16(12)13/h4-7,12-13H,1-3,8-9H2/t12-,13?/m0/s1. The van der Waals surface area contributed by atoms with Crippen molar-refractivity contribution in [1.29, 1.82) is 0 Å². The first-order chi connectivity index (χ1) is 8.25. The molecule has 0 aliphatic carbocycles. The van der Waals surface area contributed by atoms with E-state index in [9.17, 15) is 9.18 Å². The van der Waals surface area contributed by atoms with Gasteiger partial charge in [0.05, 0.1) is 6.04 Å². The van der Waals surface area contributed by atoms with Gasteiger partial charge in [0.25, 0.3) is 0 Å². The van der Waals surface area contributed by atoms with Crippen LogP contribution in [0.4, 0.5) is 4.39 Å². The van der Waals surface area contributed by atoms with Crippen molar-refractivity contribution in [2.45, 2.75) is 44.2 Å². The Bertz CT molecular complexity index is 428. The summed E-state index contributed by atoms with van der Waals surface area (Å²) in [5.41, 5.74) is 1.08. The van der Waals surface area contributed by atoms with Crippen LogP contribution in [-0.4, -0.2) is 16.8 Å². The predicted molar refractivity (Wildman–Crippen MR) is 62.9 cm³/mol. The van der Waals surface area contributed by atoms with Crippen molar-refractivity contribution in [3.05, 3.63) is 35.6 Å². The minimum atomic E-state index is -0.214. The number of benzene rings is 1. The lowest BCUT2D eigenvalue weighted by atomic mass is 9.92. The van der Waals surface area contributed by atoms with Crippen LogP contribution in [0, 0.1) is 5.82 Å². The summed E-state index contributed by atoms with van der Waals surface area (Å²) in [5, 5.41) is 0. The number of halogens is 1. The molecule has 2 nitrogen and oxygen atoms in total. The maximum absolute atomic E-state index is 12.9. The number of carbonyl (C=O) groups is 1. The summed E-state index contributed by atoms with van der Waals surface area (Å²) in [6, 6.07) is 7.19. The minimum absolute atomic E-state index is 0.171. The average Bonchev–Trinajstić information content (AvgIpc) is 2.73. The molecule has 90 valence electrons. The predicted octanol–water partition coefficient (Wildman–Crippen LogP) is 3.04. The second kappa shape index (κ2) is 4.13. The Hall–Kier alpha value is -1.38. The van der Waals surface area contributed by atoms with E-state index in [1.165, 1.54) is 12.1 Å². The number of carbonyl (C=O) groups excluding carboxylic acids is 1. The average molecular weight is 233 g/mol. The smallest absolute Gasteiger partial charge is 0.223 e. The van der Waals surface area contributed by atoms with E-state index in [4.69, 9.17) is 0 Å². The molecule has 0 bridgehead atoms. The summed E-state index contributed by atoms with van der Waals surface area (Å²) >= 11 is 0. The van der Waals surface area contributed by atoms with Gasteiger partial charge >= 0.3 is 0 Å². The third kappa shape index (κ3) is 1.84. The summed E-state index contributed by atoms with van der Waals surface area (Å²) in [6.07, 6.45) is 4.98. The second-order valence-corrected chi connectivity index (χ2v) is 4.99. The molecule has 2 aliphatic rings. The van der Waals surface area contributed by atoms with Crippen LogP contribution < -0.4 is 0 Å². The van der Waals surface area contributed by atoms with Gasteiger partial charge in [-0.3, -0.25) is 4.79 Å². The van der Waals surface area contributed by atoms with Crippen LogP contribution in [0.2, 0.25) is 0 Å². The van der Waals surface area contributed by atoms with Crippen molar-refractivity contribution in [2.75, 3.05) is 0 Å². The maximum Gasteiger partial charge on any atom is 0.223 e. The van der Waals surface area contributed by atoms with Crippen LogP contribution in [0.1, 0.15) is 43.7 Å². The molecule has 17 heavy (non-hydrogen) atoms. The van der Waals surface area contributed by atoms with E-state index < -0.39 is 0 Å². The minimum Gasteiger partial charge on any atom is -0.333 e. The fourth-order valence-corrected chi connectivity index (χ4v) is 3.17. The van der Waals surface area contributed by atoms with Gasteiger partial charge in [-0.25, -0.2) is 4.39 Å². The van der Waals surface area contributed by atoms with Crippen LogP contribution in [0.5, 0.6) is 0 Å². The Morgan fingerprint density at radius 1 is 1.12 bits per heavy atom. The van der Waals surface area contributed by atoms with E-state index in [1.54, 1.807) is 0 Å². The van der Waals surface area contributed by atoms with Gasteiger partial charge in [-0.1, -0.05) is 12.1 Å². The van der Waals surface area contributed by atoms with Crippen LogP contribution in [-0.2, 0) is 4.79 Å². The summed E-state index contributed by atoms with van der Waals surface area (Å²) in [7, 11) is 0. The molecule has 2 fully saturated rings. The third-order valence-corrected chi connectivity index (χ3v) is 3.98. The van der Waals surface area contributed by atoms with Gasteiger partial charge in [-0.15, -0.1) is 0 Å². The molecule has 1 unspecified atom stereocenters. The molecule has 3 heteroatoms. The molecule has 2 atom stereocenters. The zero-order chi connectivity index (χ0) is 11.8. The van der Waals surface area contributed by atoms with E-state index >= 15 is 0 Å². The van der Waals surface area contributed by atoms with Crippen LogP contribution in [0.3, 0.4) is 0 Å². The highest BCUT2D eigenvalue weighted by molar-refractivity contribution is 5.79. The Kier molecular flexibility index (Phi) is 2.61. The molecule has 2 aliphatic heterocycles. The molecule has 2 saturated heterocycles. The number of amides is 1. The fourth-order valence-electron chi connectivity index (χ4n) is 3.17. The molecule has 0 N–H and O–H groups in total. The molecule has 1 aromatic rings.